The first-order valence-corrected chi connectivity index (χ1v) is 7.15. The highest BCUT2D eigenvalue weighted by Crippen LogP contribution is 2.29. The molecule has 0 aromatic heterocycles. The largest absolute Gasteiger partial charge is 0.542 e. The van der Waals surface area contributed by atoms with Crippen LogP contribution >= 0.6 is 0 Å². The molecule has 1 aliphatic rings. The van der Waals surface area contributed by atoms with Gasteiger partial charge in [0.25, 0.3) is 5.91 Å². The van der Waals surface area contributed by atoms with Crippen molar-refractivity contribution in [2.45, 2.75) is 33.1 Å². The average molecular weight is 291 g/mol. The first-order valence-electron chi connectivity index (χ1n) is 7.15. The maximum Gasteiger partial charge on any atom is 0.542 e. The highest BCUT2D eigenvalue weighted by Gasteiger charge is 2.27. The Balaban J connectivity index is 2.47. The normalized spacial score (nSPS) is 14.7. The van der Waals surface area contributed by atoms with Crippen LogP contribution in [-0.2, 0) is 4.79 Å². The van der Waals surface area contributed by atoms with Gasteiger partial charge in [0, 0.05) is 5.57 Å². The van der Waals surface area contributed by atoms with Crippen LogP contribution in [0.2, 0.25) is 0 Å². The Bertz CT molecular complexity index is 757. The number of hydrogen-bond donors (Lipinski definition) is 1. The fourth-order valence-corrected chi connectivity index (χ4v) is 2.43. The summed E-state index contributed by atoms with van der Waals surface area (Å²) in [7, 11) is 0. The first kappa shape index (κ1) is 15.5. The molecule has 4 heteroatoms. The summed E-state index contributed by atoms with van der Waals surface area (Å²) in [4.78, 5) is 18.4. The van der Waals surface area contributed by atoms with Gasteiger partial charge in [-0.15, -0.1) is 0 Å². The van der Waals surface area contributed by atoms with E-state index in [0.29, 0.717) is 11.5 Å². The van der Waals surface area contributed by atoms with E-state index in [0.717, 1.165) is 17.5 Å². The van der Waals surface area contributed by atoms with Crippen molar-refractivity contribution >= 4 is 11.5 Å². The molecule has 1 aromatic carbocycles. The zero-order chi connectivity index (χ0) is 16.3. The standard InChI is InChI=1S/C18H17N3O/c1-6-11(2)13-7-8-14(12(3)9-13)15-10-16(21-18(15)22)17(19-4)20-5/h7-11H,6H2,1-3H3,(H,21,22). The lowest BCUT2D eigenvalue weighted by Gasteiger charge is -2.12. The van der Waals surface area contributed by atoms with Crippen LogP contribution in [0.5, 0.6) is 0 Å². The highest BCUT2D eigenvalue weighted by atomic mass is 16.1. The van der Waals surface area contributed by atoms with Crippen LogP contribution in [0.3, 0.4) is 0 Å². The Morgan fingerprint density at radius 1 is 1.32 bits per heavy atom. The molecule has 1 aliphatic heterocycles. The van der Waals surface area contributed by atoms with Gasteiger partial charge in [-0.2, -0.15) is 9.69 Å². The van der Waals surface area contributed by atoms with E-state index >= 15 is 0 Å². The van der Waals surface area contributed by atoms with E-state index in [9.17, 15) is 4.79 Å². The van der Waals surface area contributed by atoms with E-state index in [1.807, 2.05) is 19.1 Å². The third-order valence-electron chi connectivity index (χ3n) is 3.96. The lowest BCUT2D eigenvalue weighted by Crippen LogP contribution is -2.16. The summed E-state index contributed by atoms with van der Waals surface area (Å²) < 4.78 is 0. The number of aryl methyl sites for hydroxylation is 1. The van der Waals surface area contributed by atoms with E-state index in [4.69, 9.17) is 13.1 Å². The summed E-state index contributed by atoms with van der Waals surface area (Å²) in [6.45, 7) is 20.2. The van der Waals surface area contributed by atoms with Gasteiger partial charge in [-0.3, -0.25) is 4.79 Å². The molecular weight excluding hydrogens is 274 g/mol. The fraction of sp³-hybridized carbons (Fsp3) is 0.278. The number of amides is 1. The summed E-state index contributed by atoms with van der Waals surface area (Å²) >= 11 is 0. The first-order chi connectivity index (χ1) is 10.5. The topological polar surface area (TPSA) is 37.8 Å². The molecule has 0 saturated carbocycles. The van der Waals surface area contributed by atoms with Gasteiger partial charge in [-0.05, 0) is 42.0 Å². The molecule has 4 nitrogen and oxygen atoms in total. The van der Waals surface area contributed by atoms with Gasteiger partial charge in [0.15, 0.2) is 0 Å². The Kier molecular flexibility index (Phi) is 4.44. The third kappa shape index (κ3) is 2.77. The number of nitrogens with zero attached hydrogens (tertiary/aromatic N) is 2. The molecule has 1 amide bonds. The van der Waals surface area contributed by atoms with Gasteiger partial charge >= 0.3 is 5.82 Å². The predicted molar refractivity (Wildman–Crippen MR) is 86.2 cm³/mol. The molecule has 1 atom stereocenters. The van der Waals surface area contributed by atoms with Gasteiger partial charge in [-0.1, -0.05) is 32.0 Å². The van der Waals surface area contributed by atoms with Crippen molar-refractivity contribution in [2.75, 3.05) is 0 Å². The molecule has 1 heterocycles. The minimum atomic E-state index is -0.265. The number of nitrogens with one attached hydrogen (secondary N) is 1. The van der Waals surface area contributed by atoms with E-state index in [2.05, 4.69) is 34.9 Å². The molecule has 2 rings (SSSR count). The van der Waals surface area contributed by atoms with Crippen molar-refractivity contribution in [3.8, 4) is 0 Å². The molecule has 0 saturated heterocycles. The van der Waals surface area contributed by atoms with Gasteiger partial charge in [0.05, 0.1) is 0 Å². The molecule has 1 aromatic rings. The molecule has 0 fully saturated rings. The van der Waals surface area contributed by atoms with Crippen LogP contribution in [0.4, 0.5) is 0 Å². The summed E-state index contributed by atoms with van der Waals surface area (Å²) in [6, 6.07) is 6.08. The van der Waals surface area contributed by atoms with E-state index in [1.165, 1.54) is 5.56 Å². The zero-order valence-electron chi connectivity index (χ0n) is 12.9. The third-order valence-corrected chi connectivity index (χ3v) is 3.96. The Labute approximate surface area is 130 Å². The summed E-state index contributed by atoms with van der Waals surface area (Å²) in [5.74, 6) is 0.0989. The Hall–Kier alpha value is -2.85. The van der Waals surface area contributed by atoms with Crippen molar-refractivity contribution in [3.63, 3.8) is 0 Å². The molecular formula is C18H17N3O. The zero-order valence-corrected chi connectivity index (χ0v) is 12.9. The second kappa shape index (κ2) is 6.28. The van der Waals surface area contributed by atoms with Crippen molar-refractivity contribution in [1.29, 1.82) is 0 Å². The van der Waals surface area contributed by atoms with Crippen LogP contribution in [0.1, 0.15) is 42.9 Å². The monoisotopic (exact) mass is 291 g/mol. The lowest BCUT2D eigenvalue weighted by molar-refractivity contribution is -0.114. The number of carbonyl (C=O) groups excluding carboxylic acids is 1. The maximum absolute atomic E-state index is 12.1. The number of hydrogen-bond acceptors (Lipinski definition) is 1. The number of allylic oxidation sites excluding steroid dienone is 1. The number of carbonyl (C=O) groups is 1. The molecule has 0 bridgehead atoms. The number of benzene rings is 1. The van der Waals surface area contributed by atoms with E-state index in [-0.39, 0.29) is 17.4 Å². The van der Waals surface area contributed by atoms with Crippen molar-refractivity contribution in [1.82, 2.24) is 5.32 Å². The molecule has 1 N–H and O–H groups in total. The second-order valence-corrected chi connectivity index (χ2v) is 5.36. The van der Waals surface area contributed by atoms with E-state index in [1.54, 1.807) is 6.08 Å². The molecule has 22 heavy (non-hydrogen) atoms. The number of rotatable bonds is 3. The molecule has 0 radical (unpaired) electrons. The quantitative estimate of drug-likeness (QED) is 0.839. The smallest absolute Gasteiger partial charge is 0.325 e. The van der Waals surface area contributed by atoms with Crippen molar-refractivity contribution < 1.29 is 4.79 Å². The molecule has 0 aliphatic carbocycles. The SMILES string of the molecule is [C-]#[N+]C([N+]#[C-])=C1C=C(c2ccc(C(C)CC)cc2C)C(=O)N1. The van der Waals surface area contributed by atoms with Crippen LogP contribution in [0.15, 0.2) is 35.8 Å². The fourth-order valence-electron chi connectivity index (χ4n) is 2.43. The maximum atomic E-state index is 12.1. The van der Waals surface area contributed by atoms with Crippen LogP contribution in [0.25, 0.3) is 15.3 Å². The summed E-state index contributed by atoms with van der Waals surface area (Å²) in [5, 5.41) is 2.60. The van der Waals surface area contributed by atoms with Gasteiger partial charge in [-0.25, -0.2) is 0 Å². The van der Waals surface area contributed by atoms with Crippen LogP contribution in [-0.4, -0.2) is 5.91 Å². The summed E-state index contributed by atoms with van der Waals surface area (Å²) in [5.41, 5.74) is 3.91. The van der Waals surface area contributed by atoms with Crippen LogP contribution < -0.4 is 5.32 Å². The predicted octanol–water partition coefficient (Wildman–Crippen LogP) is 4.03. The molecule has 0 spiro atoms. The van der Waals surface area contributed by atoms with Gasteiger partial charge in [0.1, 0.15) is 18.8 Å². The van der Waals surface area contributed by atoms with Crippen molar-refractivity contribution in [2.24, 2.45) is 0 Å². The molecule has 110 valence electrons. The van der Waals surface area contributed by atoms with E-state index < -0.39 is 0 Å². The average Bonchev–Trinajstić information content (AvgIpc) is 2.89. The van der Waals surface area contributed by atoms with Crippen molar-refractivity contribution in [3.05, 3.63) is 75.3 Å². The summed E-state index contributed by atoms with van der Waals surface area (Å²) in [6.07, 6.45) is 2.66. The second-order valence-electron chi connectivity index (χ2n) is 5.36. The Morgan fingerprint density at radius 2 is 2.00 bits per heavy atom. The lowest BCUT2D eigenvalue weighted by atomic mass is 9.92. The van der Waals surface area contributed by atoms with Crippen LogP contribution in [0, 0.1) is 20.1 Å². The molecule has 1 unspecified atom stereocenters. The minimum Gasteiger partial charge on any atom is -0.325 e. The Morgan fingerprint density at radius 3 is 2.55 bits per heavy atom. The van der Waals surface area contributed by atoms with Gasteiger partial charge < -0.3 is 5.32 Å². The highest BCUT2D eigenvalue weighted by molar-refractivity contribution is 6.23. The minimum absolute atomic E-state index is 0.114. The van der Waals surface area contributed by atoms with Gasteiger partial charge in [0.2, 0.25) is 0 Å².